The molecule has 41 heavy (non-hydrogen) atoms. The highest BCUT2D eigenvalue weighted by Gasteiger charge is 2.19. The zero-order valence-electron chi connectivity index (χ0n) is 22.6. The highest BCUT2D eigenvalue weighted by molar-refractivity contribution is 6.58. The van der Waals surface area contributed by atoms with Gasteiger partial charge >= 0.3 is 0 Å². The number of carbonyl (C=O) groups is 1. The van der Waals surface area contributed by atoms with Crippen molar-refractivity contribution in [2.45, 2.75) is 24.8 Å². The fourth-order valence-corrected chi connectivity index (χ4v) is 4.08. The van der Waals surface area contributed by atoms with E-state index in [1.807, 2.05) is 41.0 Å². The van der Waals surface area contributed by atoms with Crippen LogP contribution in [0, 0.1) is 0 Å². The normalized spacial score (nSPS) is 11.5. The molecule has 0 unspecified atom stereocenters. The van der Waals surface area contributed by atoms with E-state index in [2.05, 4.69) is 10.1 Å². The van der Waals surface area contributed by atoms with Gasteiger partial charge in [0.05, 0.1) is 24.4 Å². The molecular weight excluding hydrogens is 529 g/mol. The molecule has 14 heteroatoms. The lowest BCUT2D eigenvalue weighted by Gasteiger charge is -2.26. The van der Waals surface area contributed by atoms with Crippen LogP contribution in [0.2, 0.25) is 0 Å². The SMILES string of the molecule is [B]C([B])([B])Oc1ccc(N(C=O)c2nc(OCC(F)F)ccc2CN(C)c2ccc3nn(CCOC)cc3c2)cc1. The lowest BCUT2D eigenvalue weighted by molar-refractivity contribution is -0.106. The Bertz CT molecular complexity index is 1470. The Morgan fingerprint density at radius 2 is 1.80 bits per heavy atom. The fraction of sp³-hybridized carbons (Fsp3) is 0.296. The van der Waals surface area contributed by atoms with Gasteiger partial charge in [0.1, 0.15) is 35.1 Å². The second-order valence-corrected chi connectivity index (χ2v) is 9.24. The molecule has 1 amide bonds. The molecule has 6 radical (unpaired) electrons. The number of nitrogens with zero attached hydrogens (tertiary/aromatic N) is 5. The van der Waals surface area contributed by atoms with Crippen molar-refractivity contribution in [2.24, 2.45) is 0 Å². The van der Waals surface area contributed by atoms with Gasteiger partial charge in [-0.3, -0.25) is 14.4 Å². The summed E-state index contributed by atoms with van der Waals surface area (Å²) >= 11 is 0. The minimum atomic E-state index is -2.69. The highest BCUT2D eigenvalue weighted by Crippen LogP contribution is 2.31. The van der Waals surface area contributed by atoms with Gasteiger partial charge < -0.3 is 19.1 Å². The minimum absolute atomic E-state index is 0.0532. The number of alkyl halides is 2. The number of hydrogen-bond donors (Lipinski definition) is 0. The van der Waals surface area contributed by atoms with E-state index < -0.39 is 18.3 Å². The smallest absolute Gasteiger partial charge is 0.272 e. The van der Waals surface area contributed by atoms with Crippen LogP contribution in [-0.2, 0) is 22.6 Å². The van der Waals surface area contributed by atoms with E-state index in [1.54, 1.807) is 25.3 Å². The molecule has 0 N–H and O–H groups in total. The fourth-order valence-electron chi connectivity index (χ4n) is 4.08. The van der Waals surface area contributed by atoms with Crippen molar-refractivity contribution in [3.8, 4) is 11.6 Å². The lowest BCUT2D eigenvalue weighted by Crippen LogP contribution is -2.37. The molecule has 0 fully saturated rings. The topological polar surface area (TPSA) is 82.0 Å². The highest BCUT2D eigenvalue weighted by atomic mass is 19.3. The van der Waals surface area contributed by atoms with Crippen molar-refractivity contribution in [3.05, 3.63) is 66.4 Å². The molecule has 9 nitrogen and oxygen atoms in total. The van der Waals surface area contributed by atoms with Crippen LogP contribution < -0.4 is 19.3 Å². The summed E-state index contributed by atoms with van der Waals surface area (Å²) in [5, 5.41) is 3.62. The summed E-state index contributed by atoms with van der Waals surface area (Å²) in [5.74, 6) is 0.420. The number of amides is 1. The number of pyridine rings is 1. The van der Waals surface area contributed by atoms with Crippen molar-refractivity contribution < 1.29 is 27.8 Å². The summed E-state index contributed by atoms with van der Waals surface area (Å²) < 4.78 is 42.9. The molecule has 2 heterocycles. The average molecular weight is 555 g/mol. The summed E-state index contributed by atoms with van der Waals surface area (Å²) in [6, 6.07) is 15.2. The summed E-state index contributed by atoms with van der Waals surface area (Å²) in [6.07, 6.45) is -0.174. The Labute approximate surface area is 240 Å². The maximum Gasteiger partial charge on any atom is 0.272 e. The molecule has 0 spiro atoms. The molecule has 0 aliphatic carbocycles. The predicted octanol–water partition coefficient (Wildman–Crippen LogP) is 3.15. The standard InChI is InChI=1S/C27H26B3F2N5O4/c1-35(21-6-9-23-19(13-21)15-36(34-23)11-12-39-2)14-18-3-10-25(40-16-24(31)32)33-26(18)37(17-38)20-4-7-22(8-5-20)41-27(28,29)30/h3-10,13,15,17,24H,11-12,14,16H2,1-2H3. The van der Waals surface area contributed by atoms with Crippen molar-refractivity contribution >= 4 is 58.0 Å². The van der Waals surface area contributed by atoms with Crippen LogP contribution >= 0.6 is 0 Å². The van der Waals surface area contributed by atoms with Gasteiger partial charge in [-0.05, 0) is 53.8 Å². The Morgan fingerprint density at radius 1 is 1.07 bits per heavy atom. The molecule has 0 aliphatic heterocycles. The molecule has 0 saturated carbocycles. The Kier molecular flexibility index (Phi) is 9.54. The number of rotatable bonds is 14. The summed E-state index contributed by atoms with van der Waals surface area (Å²) in [7, 11) is 20.0. The number of benzene rings is 2. The van der Waals surface area contributed by atoms with E-state index in [0.717, 1.165) is 16.6 Å². The van der Waals surface area contributed by atoms with E-state index >= 15 is 0 Å². The van der Waals surface area contributed by atoms with Gasteiger partial charge in [-0.2, -0.15) is 10.1 Å². The second-order valence-electron chi connectivity index (χ2n) is 9.24. The largest absolute Gasteiger partial charge is 0.516 e. The number of aromatic nitrogens is 3. The Balaban J connectivity index is 1.64. The first-order valence-electron chi connectivity index (χ1n) is 12.5. The first kappa shape index (κ1) is 29.9. The molecule has 0 atom stereocenters. The third-order valence-corrected chi connectivity index (χ3v) is 5.94. The quantitative estimate of drug-likeness (QED) is 0.175. The zero-order valence-corrected chi connectivity index (χ0v) is 22.6. The molecule has 0 bridgehead atoms. The van der Waals surface area contributed by atoms with E-state index in [-0.39, 0.29) is 17.4 Å². The molecule has 2 aromatic carbocycles. The average Bonchev–Trinajstić information content (AvgIpc) is 3.34. The zero-order chi connectivity index (χ0) is 29.6. The van der Waals surface area contributed by atoms with Crippen LogP contribution in [0.5, 0.6) is 11.6 Å². The Morgan fingerprint density at radius 3 is 2.46 bits per heavy atom. The number of carbonyl (C=O) groups excluding carboxylic acids is 1. The number of hydrogen-bond acceptors (Lipinski definition) is 7. The number of ether oxygens (including phenoxy) is 3. The van der Waals surface area contributed by atoms with Crippen molar-refractivity contribution in [1.82, 2.24) is 14.8 Å². The van der Waals surface area contributed by atoms with E-state index in [9.17, 15) is 13.6 Å². The first-order chi connectivity index (χ1) is 19.6. The maximum atomic E-state index is 12.8. The molecule has 2 aromatic heterocycles. The van der Waals surface area contributed by atoms with Crippen LogP contribution in [0.25, 0.3) is 10.9 Å². The predicted molar refractivity (Wildman–Crippen MR) is 155 cm³/mol. The van der Waals surface area contributed by atoms with Crippen LogP contribution in [0.15, 0.2) is 60.8 Å². The van der Waals surface area contributed by atoms with Crippen molar-refractivity contribution in [2.75, 3.05) is 37.2 Å². The third kappa shape index (κ3) is 8.00. The van der Waals surface area contributed by atoms with E-state index in [1.165, 1.54) is 23.1 Å². The van der Waals surface area contributed by atoms with Crippen molar-refractivity contribution in [1.29, 1.82) is 0 Å². The third-order valence-electron chi connectivity index (χ3n) is 5.94. The first-order valence-corrected chi connectivity index (χ1v) is 12.5. The van der Waals surface area contributed by atoms with Gasteiger partial charge in [-0.15, -0.1) is 0 Å². The summed E-state index contributed by atoms with van der Waals surface area (Å²) in [5.41, 5.74) is 2.78. The van der Waals surface area contributed by atoms with Gasteiger partial charge in [-0.1, -0.05) is 0 Å². The molecule has 4 rings (SSSR count). The van der Waals surface area contributed by atoms with Gasteiger partial charge in [0.2, 0.25) is 12.3 Å². The van der Waals surface area contributed by atoms with Gasteiger partial charge in [0.25, 0.3) is 6.43 Å². The van der Waals surface area contributed by atoms with Gasteiger partial charge in [-0.25, -0.2) is 8.78 Å². The minimum Gasteiger partial charge on any atom is -0.516 e. The number of halogens is 2. The van der Waals surface area contributed by atoms with Crippen LogP contribution in [0.4, 0.5) is 26.0 Å². The van der Waals surface area contributed by atoms with Crippen LogP contribution in [0.3, 0.4) is 0 Å². The molecule has 0 aliphatic rings. The summed E-state index contributed by atoms with van der Waals surface area (Å²) in [4.78, 5) is 20.0. The van der Waals surface area contributed by atoms with Crippen LogP contribution in [0.1, 0.15) is 5.56 Å². The molecule has 206 valence electrons. The molecule has 0 saturated heterocycles. The molecular formula is C27H26B3F2N5O4. The number of anilines is 3. The lowest BCUT2D eigenvalue weighted by atomic mass is 9.52. The number of methoxy groups -OCH3 is 1. The van der Waals surface area contributed by atoms with Crippen LogP contribution in [-0.4, -0.2) is 83.8 Å². The van der Waals surface area contributed by atoms with Gasteiger partial charge in [0, 0.05) is 49.6 Å². The van der Waals surface area contributed by atoms with Gasteiger partial charge in [0.15, 0.2) is 6.61 Å². The van der Waals surface area contributed by atoms with E-state index in [0.29, 0.717) is 37.4 Å². The Hall–Kier alpha value is -4.06. The van der Waals surface area contributed by atoms with Crippen molar-refractivity contribution in [3.63, 3.8) is 0 Å². The molecule has 4 aromatic rings. The van der Waals surface area contributed by atoms with E-state index in [4.69, 9.17) is 37.7 Å². The summed E-state index contributed by atoms with van der Waals surface area (Å²) in [6.45, 7) is 0.661. The maximum absolute atomic E-state index is 12.8. The second kappa shape index (κ2) is 13.1. The monoisotopic (exact) mass is 555 g/mol. The number of fused-ring (bicyclic) bond motifs is 1.